The molecule has 1 atom stereocenters. The Morgan fingerprint density at radius 3 is 2.80 bits per heavy atom. The van der Waals surface area contributed by atoms with Crippen LogP contribution in [-0.2, 0) is 0 Å². The summed E-state index contributed by atoms with van der Waals surface area (Å²) in [4.78, 5) is 3.58. The lowest BCUT2D eigenvalue weighted by atomic mass is 9.83. The maximum atomic E-state index is 10.2. The molecule has 2 bridgehead atoms. The molecule has 0 aliphatic carbocycles. The summed E-state index contributed by atoms with van der Waals surface area (Å²) < 4.78 is 0. The molecule has 3 saturated heterocycles. The molecule has 0 amide bonds. The number of hydrogen-bond acceptors (Lipinski definition) is 3. The van der Waals surface area contributed by atoms with Crippen LogP contribution in [0.15, 0.2) is 23.2 Å². The Morgan fingerprint density at radius 1 is 1.40 bits per heavy atom. The molecule has 0 spiro atoms. The standard InChI is InChI=1S/C12H15NOS/c14-12-9-3-5-13(6-4-9)11(12)8-10-2-1-7-15-10/h1-2,7-9,12,14H,3-6H2/b11-8-/t12-/m0/s1. The molecule has 4 heterocycles. The Bertz CT molecular complexity index is 359. The molecule has 0 unspecified atom stereocenters. The number of thiophene rings is 1. The molecule has 4 rings (SSSR count). The molecule has 3 heteroatoms. The Balaban J connectivity index is 1.92. The SMILES string of the molecule is O[C@@H]1/C(=C/c2cccs2)N2CCC1CC2. The third kappa shape index (κ3) is 1.60. The average molecular weight is 221 g/mol. The van der Waals surface area contributed by atoms with Crippen molar-refractivity contribution in [1.82, 2.24) is 4.90 Å². The smallest absolute Gasteiger partial charge is 0.0966 e. The molecule has 3 aliphatic heterocycles. The zero-order valence-corrected chi connectivity index (χ0v) is 9.41. The predicted molar refractivity (Wildman–Crippen MR) is 62.6 cm³/mol. The molecule has 1 aromatic heterocycles. The van der Waals surface area contributed by atoms with E-state index >= 15 is 0 Å². The number of piperidine rings is 3. The van der Waals surface area contributed by atoms with Crippen molar-refractivity contribution >= 4 is 17.4 Å². The van der Waals surface area contributed by atoms with Gasteiger partial charge in [0.15, 0.2) is 0 Å². The highest BCUT2D eigenvalue weighted by molar-refractivity contribution is 7.10. The first-order valence-corrected chi connectivity index (χ1v) is 6.40. The van der Waals surface area contributed by atoms with Crippen LogP contribution in [0, 0.1) is 5.92 Å². The monoisotopic (exact) mass is 221 g/mol. The van der Waals surface area contributed by atoms with E-state index in [1.807, 2.05) is 0 Å². The molecule has 0 aromatic carbocycles. The molecule has 3 aliphatic rings. The molecule has 2 nitrogen and oxygen atoms in total. The van der Waals surface area contributed by atoms with Crippen LogP contribution in [0.1, 0.15) is 17.7 Å². The van der Waals surface area contributed by atoms with E-state index in [9.17, 15) is 5.11 Å². The van der Waals surface area contributed by atoms with Crippen molar-refractivity contribution in [3.8, 4) is 0 Å². The largest absolute Gasteiger partial charge is 0.387 e. The van der Waals surface area contributed by atoms with E-state index in [4.69, 9.17) is 0 Å². The van der Waals surface area contributed by atoms with Gasteiger partial charge in [0, 0.05) is 23.7 Å². The van der Waals surface area contributed by atoms with E-state index in [0.717, 1.165) is 31.6 Å². The first kappa shape index (κ1) is 9.43. The van der Waals surface area contributed by atoms with E-state index in [-0.39, 0.29) is 6.10 Å². The topological polar surface area (TPSA) is 23.5 Å². The van der Waals surface area contributed by atoms with Gasteiger partial charge < -0.3 is 10.0 Å². The Morgan fingerprint density at radius 2 is 2.20 bits per heavy atom. The Labute approximate surface area is 93.8 Å². The quantitative estimate of drug-likeness (QED) is 0.785. The van der Waals surface area contributed by atoms with Gasteiger partial charge in [0.25, 0.3) is 0 Å². The summed E-state index contributed by atoms with van der Waals surface area (Å²) in [6.07, 6.45) is 4.24. The lowest BCUT2D eigenvalue weighted by molar-refractivity contribution is 0.0215. The number of aliphatic hydroxyl groups is 1. The molecule has 1 aromatic rings. The first-order valence-electron chi connectivity index (χ1n) is 5.53. The molecular weight excluding hydrogens is 206 g/mol. The summed E-state index contributed by atoms with van der Waals surface area (Å²) in [5.41, 5.74) is 1.14. The van der Waals surface area contributed by atoms with Gasteiger partial charge >= 0.3 is 0 Å². The van der Waals surface area contributed by atoms with Crippen molar-refractivity contribution in [3.05, 3.63) is 28.1 Å². The van der Waals surface area contributed by atoms with Crippen LogP contribution in [0.4, 0.5) is 0 Å². The summed E-state index contributed by atoms with van der Waals surface area (Å²) in [6, 6.07) is 4.16. The maximum Gasteiger partial charge on any atom is 0.0966 e. The van der Waals surface area contributed by atoms with Crippen molar-refractivity contribution in [1.29, 1.82) is 0 Å². The van der Waals surface area contributed by atoms with Crippen molar-refractivity contribution in [2.75, 3.05) is 13.1 Å². The summed E-state index contributed by atoms with van der Waals surface area (Å²) in [5.74, 6) is 0.501. The third-order valence-electron chi connectivity index (χ3n) is 3.49. The van der Waals surface area contributed by atoms with Gasteiger partial charge in [0.2, 0.25) is 0 Å². The summed E-state index contributed by atoms with van der Waals surface area (Å²) in [5, 5.41) is 12.2. The van der Waals surface area contributed by atoms with Crippen molar-refractivity contribution in [3.63, 3.8) is 0 Å². The van der Waals surface area contributed by atoms with E-state index in [0.29, 0.717) is 5.92 Å². The van der Waals surface area contributed by atoms with Gasteiger partial charge in [0.1, 0.15) is 0 Å². The molecule has 1 N–H and O–H groups in total. The lowest BCUT2D eigenvalue weighted by Crippen LogP contribution is -2.48. The Kier molecular flexibility index (Phi) is 2.29. The fraction of sp³-hybridized carbons (Fsp3) is 0.500. The minimum absolute atomic E-state index is 0.227. The van der Waals surface area contributed by atoms with Crippen LogP contribution >= 0.6 is 11.3 Å². The van der Waals surface area contributed by atoms with Crippen molar-refractivity contribution in [2.24, 2.45) is 5.92 Å². The molecule has 0 radical (unpaired) electrons. The normalized spacial score (nSPS) is 32.6. The van der Waals surface area contributed by atoms with Crippen molar-refractivity contribution in [2.45, 2.75) is 18.9 Å². The fourth-order valence-corrected chi connectivity index (χ4v) is 3.26. The second-order valence-corrected chi connectivity index (χ2v) is 5.33. The van der Waals surface area contributed by atoms with Crippen LogP contribution in [0.5, 0.6) is 0 Å². The summed E-state index contributed by atoms with van der Waals surface area (Å²) in [7, 11) is 0. The molecule has 80 valence electrons. The summed E-state index contributed by atoms with van der Waals surface area (Å²) >= 11 is 1.73. The number of aliphatic hydroxyl groups excluding tert-OH is 1. The highest BCUT2D eigenvalue weighted by Crippen LogP contribution is 2.35. The van der Waals surface area contributed by atoms with Crippen LogP contribution in [-0.4, -0.2) is 29.2 Å². The Hall–Kier alpha value is -0.800. The van der Waals surface area contributed by atoms with Crippen LogP contribution in [0.25, 0.3) is 6.08 Å². The minimum Gasteiger partial charge on any atom is -0.387 e. The number of hydrogen-bond donors (Lipinski definition) is 1. The first-order chi connectivity index (χ1) is 7.34. The zero-order chi connectivity index (χ0) is 10.3. The zero-order valence-electron chi connectivity index (χ0n) is 8.60. The van der Waals surface area contributed by atoms with Gasteiger partial charge in [-0.05, 0) is 36.3 Å². The van der Waals surface area contributed by atoms with Gasteiger partial charge in [-0.15, -0.1) is 11.3 Å². The van der Waals surface area contributed by atoms with Crippen LogP contribution in [0.3, 0.4) is 0 Å². The highest BCUT2D eigenvalue weighted by Gasteiger charge is 2.36. The second-order valence-electron chi connectivity index (χ2n) is 4.35. The van der Waals surface area contributed by atoms with Gasteiger partial charge in [0.05, 0.1) is 6.10 Å². The van der Waals surface area contributed by atoms with E-state index in [1.165, 1.54) is 4.88 Å². The van der Waals surface area contributed by atoms with Crippen LogP contribution < -0.4 is 0 Å². The average Bonchev–Trinajstić information content (AvgIpc) is 2.77. The fourth-order valence-electron chi connectivity index (χ4n) is 2.60. The number of rotatable bonds is 1. The van der Waals surface area contributed by atoms with Gasteiger partial charge in [-0.3, -0.25) is 0 Å². The number of nitrogens with zero attached hydrogens (tertiary/aromatic N) is 1. The molecule has 15 heavy (non-hydrogen) atoms. The second kappa shape index (κ2) is 3.65. The number of fused-ring (bicyclic) bond motifs is 3. The van der Waals surface area contributed by atoms with E-state index < -0.39 is 0 Å². The van der Waals surface area contributed by atoms with Crippen LogP contribution in [0.2, 0.25) is 0 Å². The van der Waals surface area contributed by atoms with Crippen molar-refractivity contribution < 1.29 is 5.11 Å². The van der Waals surface area contributed by atoms with E-state index in [2.05, 4.69) is 28.5 Å². The third-order valence-corrected chi connectivity index (χ3v) is 4.31. The maximum absolute atomic E-state index is 10.2. The van der Waals surface area contributed by atoms with Gasteiger partial charge in [-0.1, -0.05) is 6.07 Å². The van der Waals surface area contributed by atoms with Gasteiger partial charge in [-0.2, -0.15) is 0 Å². The summed E-state index contributed by atoms with van der Waals surface area (Å²) in [6.45, 7) is 2.25. The molecular formula is C12H15NOS. The minimum atomic E-state index is -0.227. The lowest BCUT2D eigenvalue weighted by Gasteiger charge is -2.45. The highest BCUT2D eigenvalue weighted by atomic mass is 32.1. The molecule has 0 saturated carbocycles. The van der Waals surface area contributed by atoms with Gasteiger partial charge in [-0.25, -0.2) is 0 Å². The molecule has 3 fully saturated rings. The predicted octanol–water partition coefficient (Wildman–Crippen LogP) is 2.18. The van der Waals surface area contributed by atoms with E-state index in [1.54, 1.807) is 11.3 Å².